The fourth-order valence-corrected chi connectivity index (χ4v) is 5.31. The summed E-state index contributed by atoms with van der Waals surface area (Å²) in [6, 6.07) is 4.94. The van der Waals surface area contributed by atoms with E-state index in [9.17, 15) is 13.2 Å². The summed E-state index contributed by atoms with van der Waals surface area (Å²) in [7, 11) is -0.664. The number of aryl methyl sites for hydroxylation is 2. The maximum Gasteiger partial charge on any atom is 0.261 e. The summed E-state index contributed by atoms with van der Waals surface area (Å²) in [5, 5.41) is 6.65. The zero-order valence-electron chi connectivity index (χ0n) is 17.0. The number of aromatic amines is 1. The van der Waals surface area contributed by atoms with E-state index >= 15 is 0 Å². The third-order valence-electron chi connectivity index (χ3n) is 5.07. The number of amides is 1. The summed E-state index contributed by atoms with van der Waals surface area (Å²) in [6.45, 7) is 4.18. The number of ether oxygens (including phenoxy) is 2. The molecule has 1 aromatic heterocycles. The lowest BCUT2D eigenvalue weighted by atomic mass is 10.0. The van der Waals surface area contributed by atoms with Gasteiger partial charge in [0.15, 0.2) is 0 Å². The van der Waals surface area contributed by atoms with Gasteiger partial charge in [-0.15, -0.1) is 0 Å². The Morgan fingerprint density at radius 2 is 1.76 bits per heavy atom. The molecule has 9 nitrogen and oxygen atoms in total. The second-order valence-corrected chi connectivity index (χ2v) is 8.64. The van der Waals surface area contributed by atoms with Crippen LogP contribution in [0.2, 0.25) is 0 Å². The molecule has 0 atom stereocenters. The van der Waals surface area contributed by atoms with Gasteiger partial charge in [-0.05, 0) is 38.8 Å². The Balaban J connectivity index is 1.69. The second-order valence-electron chi connectivity index (χ2n) is 6.99. The number of hydrogen-bond donors (Lipinski definition) is 2. The summed E-state index contributed by atoms with van der Waals surface area (Å²) in [5.74, 6) is 0.702. The molecule has 0 spiro atoms. The molecular weight excluding hydrogens is 396 g/mol. The molecule has 1 amide bonds. The van der Waals surface area contributed by atoms with E-state index in [-0.39, 0.29) is 16.8 Å². The summed E-state index contributed by atoms with van der Waals surface area (Å²) in [4.78, 5) is 14.9. The van der Waals surface area contributed by atoms with Gasteiger partial charge in [0.1, 0.15) is 22.0 Å². The van der Waals surface area contributed by atoms with Crippen LogP contribution in [0.4, 0.5) is 0 Å². The molecule has 0 bridgehead atoms. The van der Waals surface area contributed by atoms with Crippen LogP contribution >= 0.6 is 0 Å². The number of carbonyl (C=O) groups excluding carboxylic acids is 1. The van der Waals surface area contributed by atoms with Crippen molar-refractivity contribution < 1.29 is 22.7 Å². The van der Waals surface area contributed by atoms with Crippen LogP contribution in [-0.4, -0.2) is 62.8 Å². The van der Waals surface area contributed by atoms with E-state index in [1.807, 2.05) is 0 Å². The third-order valence-corrected chi connectivity index (χ3v) is 6.86. The van der Waals surface area contributed by atoms with E-state index in [2.05, 4.69) is 14.9 Å². The SMILES string of the molecule is COc1cccc(OC)c1C(=O)N1CCC(NS(=O)(=O)c2c(C)n[nH]c2C)CC1. The van der Waals surface area contributed by atoms with Crippen molar-refractivity contribution in [2.24, 2.45) is 0 Å². The van der Waals surface area contributed by atoms with E-state index < -0.39 is 10.0 Å². The van der Waals surface area contributed by atoms with Gasteiger partial charge in [0.2, 0.25) is 10.0 Å². The monoisotopic (exact) mass is 422 g/mol. The van der Waals surface area contributed by atoms with Crippen LogP contribution in [0.5, 0.6) is 11.5 Å². The van der Waals surface area contributed by atoms with Crippen LogP contribution in [-0.2, 0) is 10.0 Å². The van der Waals surface area contributed by atoms with Crippen LogP contribution in [0, 0.1) is 13.8 Å². The first-order chi connectivity index (χ1) is 13.8. The topological polar surface area (TPSA) is 114 Å². The van der Waals surface area contributed by atoms with Gasteiger partial charge < -0.3 is 14.4 Å². The highest BCUT2D eigenvalue weighted by molar-refractivity contribution is 7.89. The van der Waals surface area contributed by atoms with E-state index in [0.29, 0.717) is 54.4 Å². The number of likely N-dealkylation sites (tertiary alicyclic amines) is 1. The third kappa shape index (κ3) is 4.23. The molecule has 1 aliphatic heterocycles. The highest BCUT2D eigenvalue weighted by Crippen LogP contribution is 2.30. The molecule has 2 N–H and O–H groups in total. The molecule has 1 fully saturated rings. The zero-order valence-corrected chi connectivity index (χ0v) is 17.8. The Kier molecular flexibility index (Phi) is 6.13. The Hall–Kier alpha value is -2.59. The Morgan fingerprint density at radius 1 is 1.17 bits per heavy atom. The van der Waals surface area contributed by atoms with Crippen molar-refractivity contribution in [2.75, 3.05) is 27.3 Å². The molecule has 3 rings (SSSR count). The summed E-state index contributed by atoms with van der Waals surface area (Å²) >= 11 is 0. The van der Waals surface area contributed by atoms with Crippen LogP contribution in [0.1, 0.15) is 34.6 Å². The normalized spacial score (nSPS) is 15.4. The van der Waals surface area contributed by atoms with Gasteiger partial charge in [-0.3, -0.25) is 9.89 Å². The molecule has 10 heteroatoms. The average molecular weight is 423 g/mol. The number of methoxy groups -OCH3 is 2. The number of nitrogens with zero attached hydrogens (tertiary/aromatic N) is 2. The Labute approximate surface area is 170 Å². The van der Waals surface area contributed by atoms with Crippen molar-refractivity contribution in [3.63, 3.8) is 0 Å². The minimum Gasteiger partial charge on any atom is -0.496 e. The Bertz CT molecular complexity index is 952. The molecule has 1 aliphatic rings. The maximum atomic E-state index is 13.0. The van der Waals surface area contributed by atoms with Gasteiger partial charge >= 0.3 is 0 Å². The standard InChI is InChI=1S/C19H26N4O5S/c1-12-18(13(2)21-20-12)29(25,26)22-14-8-10-23(11-9-14)19(24)17-15(27-3)6-5-7-16(17)28-4/h5-7,14,22H,8-11H2,1-4H3,(H,20,21). The molecule has 0 unspecified atom stereocenters. The van der Waals surface area contributed by atoms with Crippen molar-refractivity contribution in [3.8, 4) is 11.5 Å². The van der Waals surface area contributed by atoms with Crippen molar-refractivity contribution >= 4 is 15.9 Å². The van der Waals surface area contributed by atoms with E-state index in [1.54, 1.807) is 36.9 Å². The number of nitrogens with one attached hydrogen (secondary N) is 2. The lowest BCUT2D eigenvalue weighted by molar-refractivity contribution is 0.0704. The van der Waals surface area contributed by atoms with E-state index in [4.69, 9.17) is 9.47 Å². The predicted octanol–water partition coefficient (Wildman–Crippen LogP) is 1.63. The minimum absolute atomic E-state index is 0.190. The second kappa shape index (κ2) is 8.42. The number of H-pyrrole nitrogens is 1. The highest BCUT2D eigenvalue weighted by atomic mass is 32.2. The molecule has 0 aliphatic carbocycles. The quantitative estimate of drug-likeness (QED) is 0.731. The Morgan fingerprint density at radius 3 is 2.24 bits per heavy atom. The average Bonchev–Trinajstić information content (AvgIpc) is 3.06. The molecular formula is C19H26N4O5S. The molecule has 1 aromatic carbocycles. The largest absolute Gasteiger partial charge is 0.496 e. The van der Waals surface area contributed by atoms with Crippen molar-refractivity contribution in [2.45, 2.75) is 37.6 Å². The number of sulfonamides is 1. The number of hydrogen-bond acceptors (Lipinski definition) is 6. The fraction of sp³-hybridized carbons (Fsp3) is 0.474. The summed E-state index contributed by atoms with van der Waals surface area (Å²) in [6.07, 6.45) is 1.02. The fourth-order valence-electron chi connectivity index (χ4n) is 3.64. The molecule has 1 saturated heterocycles. The first kappa shape index (κ1) is 21.1. The molecule has 2 aromatic rings. The lowest BCUT2D eigenvalue weighted by Crippen LogP contribution is -2.46. The first-order valence-electron chi connectivity index (χ1n) is 9.32. The van der Waals surface area contributed by atoms with Gasteiger partial charge in [-0.25, -0.2) is 13.1 Å². The van der Waals surface area contributed by atoms with Crippen molar-refractivity contribution in [1.82, 2.24) is 19.8 Å². The first-order valence-corrected chi connectivity index (χ1v) is 10.8. The highest BCUT2D eigenvalue weighted by Gasteiger charge is 2.31. The van der Waals surface area contributed by atoms with Gasteiger partial charge in [0.25, 0.3) is 5.91 Å². The maximum absolute atomic E-state index is 13.0. The molecule has 0 radical (unpaired) electrons. The predicted molar refractivity (Wildman–Crippen MR) is 107 cm³/mol. The summed E-state index contributed by atoms with van der Waals surface area (Å²) in [5.41, 5.74) is 1.32. The number of benzene rings is 1. The molecule has 29 heavy (non-hydrogen) atoms. The zero-order chi connectivity index (χ0) is 21.2. The smallest absolute Gasteiger partial charge is 0.261 e. The summed E-state index contributed by atoms with van der Waals surface area (Å²) < 4.78 is 38.8. The number of aromatic nitrogens is 2. The number of piperidine rings is 1. The molecule has 2 heterocycles. The van der Waals surface area contributed by atoms with E-state index in [1.165, 1.54) is 14.2 Å². The van der Waals surface area contributed by atoms with E-state index in [0.717, 1.165) is 0 Å². The van der Waals surface area contributed by atoms with Crippen LogP contribution < -0.4 is 14.2 Å². The van der Waals surface area contributed by atoms with Crippen molar-refractivity contribution in [3.05, 3.63) is 35.2 Å². The van der Waals surface area contributed by atoms with Crippen molar-refractivity contribution in [1.29, 1.82) is 0 Å². The van der Waals surface area contributed by atoms with Gasteiger partial charge in [0.05, 0.1) is 25.6 Å². The van der Waals surface area contributed by atoms with Gasteiger partial charge in [-0.2, -0.15) is 5.10 Å². The molecule has 158 valence electrons. The van der Waals surface area contributed by atoms with Crippen LogP contribution in [0.25, 0.3) is 0 Å². The lowest BCUT2D eigenvalue weighted by Gasteiger charge is -2.32. The number of rotatable bonds is 6. The molecule has 0 saturated carbocycles. The van der Waals surface area contributed by atoms with Gasteiger partial charge in [0, 0.05) is 19.1 Å². The number of carbonyl (C=O) groups is 1. The van der Waals surface area contributed by atoms with Crippen LogP contribution in [0.15, 0.2) is 23.1 Å². The van der Waals surface area contributed by atoms with Crippen LogP contribution in [0.3, 0.4) is 0 Å². The minimum atomic E-state index is -3.68. The van der Waals surface area contributed by atoms with Gasteiger partial charge in [-0.1, -0.05) is 6.07 Å².